The van der Waals surface area contributed by atoms with Crippen LogP contribution in [0.25, 0.3) is 0 Å². The van der Waals surface area contributed by atoms with Crippen LogP contribution in [0.15, 0.2) is 84.0 Å². The Morgan fingerprint density at radius 1 is 0.971 bits per heavy atom. The molecular formula is C27H28Cl2N2O3. The maximum Gasteiger partial charge on any atom is 0.145 e. The second kappa shape index (κ2) is 12.3. The lowest BCUT2D eigenvalue weighted by atomic mass is 10.0. The first-order valence-corrected chi connectivity index (χ1v) is 12.1. The normalized spacial score (nSPS) is 16.4. The largest absolute Gasteiger partial charge is 0.390 e. The third-order valence-corrected chi connectivity index (χ3v) is 6.32. The zero-order chi connectivity index (χ0) is 23.8. The van der Waals surface area contributed by atoms with Crippen LogP contribution < -0.4 is 0 Å². The molecule has 0 unspecified atom stereocenters. The number of rotatable bonds is 11. The molecule has 0 spiro atoms. The van der Waals surface area contributed by atoms with Gasteiger partial charge in [-0.15, -0.1) is 0 Å². The van der Waals surface area contributed by atoms with E-state index in [1.807, 2.05) is 78.9 Å². The number of ether oxygens (including phenoxy) is 1. The fraction of sp³-hybridized carbons (Fsp3) is 0.296. The SMILES string of the molecule is O[C@H](COCc1ccccc1)CN(Cc1ccccc1Cl)C[C@H]1CC(c2ccccc2Cl)=NO1. The summed E-state index contributed by atoms with van der Waals surface area (Å²) in [4.78, 5) is 7.87. The van der Waals surface area contributed by atoms with E-state index in [1.165, 1.54) is 0 Å². The van der Waals surface area contributed by atoms with Gasteiger partial charge in [-0.05, 0) is 23.3 Å². The van der Waals surface area contributed by atoms with Gasteiger partial charge in [0.15, 0.2) is 0 Å². The van der Waals surface area contributed by atoms with Gasteiger partial charge >= 0.3 is 0 Å². The standard InChI is InChI=1S/C27H28Cl2N2O3/c28-25-12-6-4-10-21(25)15-31(16-22(32)19-33-18-20-8-2-1-3-9-20)17-23-14-27(30-34-23)24-11-5-7-13-26(24)29/h1-13,22-23,32H,14-19H2/t22-,23+/m0/s1. The van der Waals surface area contributed by atoms with Crippen LogP contribution in [0, 0.1) is 0 Å². The summed E-state index contributed by atoms with van der Waals surface area (Å²) in [5, 5.41) is 16.3. The summed E-state index contributed by atoms with van der Waals surface area (Å²) >= 11 is 12.7. The maximum absolute atomic E-state index is 10.7. The molecule has 4 rings (SSSR count). The third-order valence-electron chi connectivity index (χ3n) is 5.62. The van der Waals surface area contributed by atoms with Crippen molar-refractivity contribution < 1.29 is 14.7 Å². The molecule has 1 aliphatic rings. The summed E-state index contributed by atoms with van der Waals surface area (Å²) in [5.41, 5.74) is 3.79. The lowest BCUT2D eigenvalue weighted by molar-refractivity contribution is -0.00648. The van der Waals surface area contributed by atoms with Gasteiger partial charge in [0.1, 0.15) is 6.10 Å². The maximum atomic E-state index is 10.7. The average Bonchev–Trinajstić information content (AvgIpc) is 3.29. The number of benzene rings is 3. The molecule has 0 aromatic heterocycles. The van der Waals surface area contributed by atoms with Crippen LogP contribution in [0.1, 0.15) is 23.1 Å². The van der Waals surface area contributed by atoms with E-state index < -0.39 is 6.10 Å². The predicted molar refractivity (Wildman–Crippen MR) is 136 cm³/mol. The summed E-state index contributed by atoms with van der Waals surface area (Å²) in [7, 11) is 0. The second-order valence-electron chi connectivity index (χ2n) is 8.39. The van der Waals surface area contributed by atoms with E-state index in [4.69, 9.17) is 32.8 Å². The van der Waals surface area contributed by atoms with E-state index in [1.54, 1.807) is 0 Å². The van der Waals surface area contributed by atoms with Gasteiger partial charge in [-0.1, -0.05) is 95.1 Å². The molecule has 2 atom stereocenters. The molecule has 1 aliphatic heterocycles. The molecule has 5 nitrogen and oxygen atoms in total. The van der Waals surface area contributed by atoms with Gasteiger partial charge in [-0.3, -0.25) is 4.90 Å². The number of hydrogen-bond donors (Lipinski definition) is 1. The van der Waals surface area contributed by atoms with Crippen LogP contribution in [0.2, 0.25) is 10.0 Å². The van der Waals surface area contributed by atoms with Crippen molar-refractivity contribution in [1.82, 2.24) is 4.90 Å². The molecule has 0 bridgehead atoms. The van der Waals surface area contributed by atoms with Gasteiger partial charge in [0.25, 0.3) is 0 Å². The molecule has 1 heterocycles. The zero-order valence-corrected chi connectivity index (χ0v) is 20.3. The minimum Gasteiger partial charge on any atom is -0.390 e. The van der Waals surface area contributed by atoms with Crippen LogP contribution in [-0.4, -0.2) is 47.6 Å². The minimum atomic E-state index is -0.656. The quantitative estimate of drug-likeness (QED) is 0.375. The Bertz CT molecular complexity index is 1090. The predicted octanol–water partition coefficient (Wildman–Crippen LogP) is 5.57. The Balaban J connectivity index is 1.36. The monoisotopic (exact) mass is 498 g/mol. The first-order valence-electron chi connectivity index (χ1n) is 11.3. The van der Waals surface area contributed by atoms with Crippen LogP contribution in [-0.2, 0) is 22.7 Å². The van der Waals surface area contributed by atoms with Crippen LogP contribution in [0.4, 0.5) is 0 Å². The molecule has 1 N–H and O–H groups in total. The summed E-state index contributed by atoms with van der Waals surface area (Å²) in [6.07, 6.45) is -0.161. The van der Waals surface area contributed by atoms with Crippen molar-refractivity contribution in [1.29, 1.82) is 0 Å². The molecule has 0 amide bonds. The molecule has 0 fully saturated rings. The molecule has 34 heavy (non-hydrogen) atoms. The minimum absolute atomic E-state index is 0.147. The first-order chi connectivity index (χ1) is 16.6. The topological polar surface area (TPSA) is 54.3 Å². The molecule has 3 aromatic carbocycles. The van der Waals surface area contributed by atoms with E-state index in [0.717, 1.165) is 22.4 Å². The van der Waals surface area contributed by atoms with E-state index in [9.17, 15) is 5.11 Å². The molecule has 0 saturated heterocycles. The van der Waals surface area contributed by atoms with Crippen LogP contribution in [0.5, 0.6) is 0 Å². The van der Waals surface area contributed by atoms with Crippen molar-refractivity contribution >= 4 is 28.9 Å². The summed E-state index contributed by atoms with van der Waals surface area (Å²) < 4.78 is 5.74. The van der Waals surface area contributed by atoms with Gasteiger partial charge < -0.3 is 14.7 Å². The van der Waals surface area contributed by atoms with Crippen molar-refractivity contribution in [2.24, 2.45) is 5.16 Å². The molecule has 178 valence electrons. The highest BCUT2D eigenvalue weighted by atomic mass is 35.5. The first kappa shape index (κ1) is 24.7. The van der Waals surface area contributed by atoms with Crippen molar-refractivity contribution in [2.75, 3.05) is 19.7 Å². The van der Waals surface area contributed by atoms with E-state index in [0.29, 0.717) is 42.7 Å². The molecule has 0 radical (unpaired) electrons. The number of aliphatic hydroxyl groups excluding tert-OH is 1. The Morgan fingerprint density at radius 3 is 2.44 bits per heavy atom. The van der Waals surface area contributed by atoms with E-state index in [2.05, 4.69) is 10.1 Å². The lowest BCUT2D eigenvalue weighted by Gasteiger charge is -2.27. The fourth-order valence-electron chi connectivity index (χ4n) is 3.98. The number of nitrogens with zero attached hydrogens (tertiary/aromatic N) is 2. The Labute approximate surface area is 210 Å². The molecule has 0 saturated carbocycles. The molecule has 7 heteroatoms. The Hall–Kier alpha value is -2.41. The van der Waals surface area contributed by atoms with Gasteiger partial charge in [0.2, 0.25) is 0 Å². The Kier molecular flexibility index (Phi) is 8.97. The zero-order valence-electron chi connectivity index (χ0n) is 18.8. The Morgan fingerprint density at radius 2 is 1.68 bits per heavy atom. The molecule has 0 aliphatic carbocycles. The van der Waals surface area contributed by atoms with Gasteiger partial charge in [-0.2, -0.15) is 0 Å². The summed E-state index contributed by atoms with van der Waals surface area (Å²) in [5.74, 6) is 0. The summed E-state index contributed by atoms with van der Waals surface area (Å²) in [6.45, 7) is 2.28. The summed E-state index contributed by atoms with van der Waals surface area (Å²) in [6, 6.07) is 25.3. The van der Waals surface area contributed by atoms with Crippen molar-refractivity contribution in [3.8, 4) is 0 Å². The number of halogens is 2. The highest BCUT2D eigenvalue weighted by Gasteiger charge is 2.27. The lowest BCUT2D eigenvalue weighted by Crippen LogP contribution is -2.39. The van der Waals surface area contributed by atoms with Gasteiger partial charge in [0, 0.05) is 41.7 Å². The highest BCUT2D eigenvalue weighted by molar-refractivity contribution is 6.34. The number of oxime groups is 1. The number of hydrogen-bond acceptors (Lipinski definition) is 5. The van der Waals surface area contributed by atoms with E-state index >= 15 is 0 Å². The van der Waals surface area contributed by atoms with Gasteiger partial charge in [-0.25, -0.2) is 0 Å². The van der Waals surface area contributed by atoms with Gasteiger partial charge in [0.05, 0.1) is 25.0 Å². The average molecular weight is 499 g/mol. The van der Waals surface area contributed by atoms with Crippen molar-refractivity contribution in [2.45, 2.75) is 31.8 Å². The smallest absolute Gasteiger partial charge is 0.145 e. The highest BCUT2D eigenvalue weighted by Crippen LogP contribution is 2.24. The third kappa shape index (κ3) is 7.05. The number of aliphatic hydroxyl groups is 1. The van der Waals surface area contributed by atoms with E-state index in [-0.39, 0.29) is 12.7 Å². The van der Waals surface area contributed by atoms with Crippen molar-refractivity contribution in [3.63, 3.8) is 0 Å². The molecular weight excluding hydrogens is 471 g/mol. The molecule has 3 aromatic rings. The van der Waals surface area contributed by atoms with Crippen LogP contribution >= 0.6 is 23.2 Å². The van der Waals surface area contributed by atoms with Crippen molar-refractivity contribution in [3.05, 3.63) is 106 Å². The van der Waals surface area contributed by atoms with Crippen LogP contribution in [0.3, 0.4) is 0 Å². The fourth-order valence-corrected chi connectivity index (χ4v) is 4.42. The second-order valence-corrected chi connectivity index (χ2v) is 9.20.